The van der Waals surface area contributed by atoms with Gasteiger partial charge in [-0.3, -0.25) is 0 Å². The molecule has 6 heteroatoms. The van der Waals surface area contributed by atoms with Gasteiger partial charge in [0.05, 0.1) is 11.8 Å². The Balaban J connectivity index is 1.61. The number of nitrogens with zero attached hydrogens (tertiary/aromatic N) is 2. The SMILES string of the molecule is OC1CCC(Nc2nccc(-c3c[nH]c4ccc(F)cc34)n2)CC1. The number of anilines is 1. The van der Waals surface area contributed by atoms with Crippen molar-refractivity contribution in [3.63, 3.8) is 0 Å². The van der Waals surface area contributed by atoms with Gasteiger partial charge in [-0.2, -0.15) is 0 Å². The maximum atomic E-state index is 13.6. The van der Waals surface area contributed by atoms with Crippen LogP contribution in [0.1, 0.15) is 25.7 Å². The third-order valence-corrected chi connectivity index (χ3v) is 4.61. The zero-order valence-electron chi connectivity index (χ0n) is 13.2. The average molecular weight is 326 g/mol. The van der Waals surface area contributed by atoms with Crippen molar-refractivity contribution in [1.82, 2.24) is 15.0 Å². The zero-order valence-corrected chi connectivity index (χ0v) is 13.2. The second-order valence-electron chi connectivity index (χ2n) is 6.31. The van der Waals surface area contributed by atoms with Crippen molar-refractivity contribution < 1.29 is 9.50 Å². The number of aliphatic hydroxyl groups excluding tert-OH is 1. The van der Waals surface area contributed by atoms with Gasteiger partial charge in [0.25, 0.3) is 0 Å². The normalized spacial score (nSPS) is 21.1. The zero-order chi connectivity index (χ0) is 16.5. The molecule has 0 aliphatic heterocycles. The minimum atomic E-state index is -0.267. The molecular weight excluding hydrogens is 307 g/mol. The van der Waals surface area contributed by atoms with Gasteiger partial charge in [-0.1, -0.05) is 0 Å². The van der Waals surface area contributed by atoms with E-state index >= 15 is 0 Å². The molecule has 24 heavy (non-hydrogen) atoms. The molecule has 3 aromatic rings. The number of benzene rings is 1. The van der Waals surface area contributed by atoms with Crippen LogP contribution in [0.5, 0.6) is 0 Å². The van der Waals surface area contributed by atoms with Crippen molar-refractivity contribution in [2.45, 2.75) is 37.8 Å². The molecule has 4 rings (SSSR count). The predicted molar refractivity (Wildman–Crippen MR) is 91.2 cm³/mol. The van der Waals surface area contributed by atoms with E-state index in [1.54, 1.807) is 12.3 Å². The van der Waals surface area contributed by atoms with Gasteiger partial charge < -0.3 is 15.4 Å². The Hall–Kier alpha value is -2.47. The number of aromatic nitrogens is 3. The fourth-order valence-electron chi connectivity index (χ4n) is 3.29. The summed E-state index contributed by atoms with van der Waals surface area (Å²) in [6, 6.07) is 6.78. The molecule has 1 saturated carbocycles. The summed E-state index contributed by atoms with van der Waals surface area (Å²) in [6.45, 7) is 0. The topological polar surface area (TPSA) is 73.8 Å². The van der Waals surface area contributed by atoms with Gasteiger partial charge in [0, 0.05) is 34.9 Å². The van der Waals surface area contributed by atoms with E-state index in [4.69, 9.17) is 0 Å². The van der Waals surface area contributed by atoms with Crippen LogP contribution in [0.4, 0.5) is 10.3 Å². The Morgan fingerprint density at radius 1 is 1.17 bits per heavy atom. The van der Waals surface area contributed by atoms with Crippen molar-refractivity contribution >= 4 is 16.9 Å². The Bertz CT molecular complexity index is 855. The van der Waals surface area contributed by atoms with Gasteiger partial charge >= 0.3 is 0 Å². The van der Waals surface area contributed by atoms with Crippen LogP contribution in [0.25, 0.3) is 22.2 Å². The summed E-state index contributed by atoms with van der Waals surface area (Å²) < 4.78 is 13.6. The molecule has 1 aliphatic carbocycles. The molecule has 0 unspecified atom stereocenters. The minimum absolute atomic E-state index is 0.184. The summed E-state index contributed by atoms with van der Waals surface area (Å²) in [5.41, 5.74) is 2.48. The highest BCUT2D eigenvalue weighted by molar-refractivity contribution is 5.94. The molecule has 1 aliphatic rings. The number of fused-ring (bicyclic) bond motifs is 1. The van der Waals surface area contributed by atoms with Crippen molar-refractivity contribution in [1.29, 1.82) is 0 Å². The monoisotopic (exact) mass is 326 g/mol. The van der Waals surface area contributed by atoms with Crippen molar-refractivity contribution in [2.24, 2.45) is 0 Å². The molecule has 124 valence electrons. The van der Waals surface area contributed by atoms with Crippen LogP contribution in [0, 0.1) is 5.82 Å². The van der Waals surface area contributed by atoms with Crippen LogP contribution < -0.4 is 5.32 Å². The van der Waals surface area contributed by atoms with E-state index in [2.05, 4.69) is 20.3 Å². The lowest BCUT2D eigenvalue weighted by atomic mass is 9.93. The number of aliphatic hydroxyl groups is 1. The fourth-order valence-corrected chi connectivity index (χ4v) is 3.29. The smallest absolute Gasteiger partial charge is 0.223 e. The quantitative estimate of drug-likeness (QED) is 0.689. The first kappa shape index (κ1) is 15.1. The lowest BCUT2D eigenvalue weighted by Gasteiger charge is -2.26. The van der Waals surface area contributed by atoms with E-state index in [-0.39, 0.29) is 18.0 Å². The molecule has 1 fully saturated rings. The van der Waals surface area contributed by atoms with E-state index in [0.717, 1.165) is 47.8 Å². The molecular formula is C18H19FN4O. The third kappa shape index (κ3) is 2.97. The van der Waals surface area contributed by atoms with Crippen molar-refractivity contribution in [3.8, 4) is 11.3 Å². The summed E-state index contributed by atoms with van der Waals surface area (Å²) in [5, 5.41) is 13.7. The van der Waals surface area contributed by atoms with Gasteiger partial charge in [0.1, 0.15) is 5.82 Å². The number of aromatic amines is 1. The molecule has 3 N–H and O–H groups in total. The maximum Gasteiger partial charge on any atom is 0.223 e. The summed E-state index contributed by atoms with van der Waals surface area (Å²) in [6.07, 6.45) is 6.79. The van der Waals surface area contributed by atoms with Crippen LogP contribution in [0.2, 0.25) is 0 Å². The largest absolute Gasteiger partial charge is 0.393 e. The molecule has 0 saturated heterocycles. The number of hydrogen-bond donors (Lipinski definition) is 3. The molecule has 0 bridgehead atoms. The van der Waals surface area contributed by atoms with Crippen LogP contribution in [0.15, 0.2) is 36.7 Å². The summed E-state index contributed by atoms with van der Waals surface area (Å²) in [4.78, 5) is 12.0. The predicted octanol–water partition coefficient (Wildman–Crippen LogP) is 3.48. The lowest BCUT2D eigenvalue weighted by molar-refractivity contribution is 0.126. The molecule has 0 amide bonds. The number of H-pyrrole nitrogens is 1. The minimum Gasteiger partial charge on any atom is -0.393 e. The van der Waals surface area contributed by atoms with E-state index in [1.165, 1.54) is 12.1 Å². The molecule has 0 atom stereocenters. The number of halogens is 1. The average Bonchev–Trinajstić information content (AvgIpc) is 3.00. The van der Waals surface area contributed by atoms with E-state index < -0.39 is 0 Å². The van der Waals surface area contributed by atoms with Crippen LogP contribution >= 0.6 is 0 Å². The third-order valence-electron chi connectivity index (χ3n) is 4.61. The number of nitrogens with one attached hydrogen (secondary N) is 2. The van der Waals surface area contributed by atoms with E-state index in [1.807, 2.05) is 12.3 Å². The summed E-state index contributed by atoms with van der Waals surface area (Å²) in [5.74, 6) is 0.302. The van der Waals surface area contributed by atoms with Crippen LogP contribution in [-0.4, -0.2) is 32.2 Å². The van der Waals surface area contributed by atoms with Gasteiger partial charge in [0.15, 0.2) is 0 Å². The Kier molecular flexibility index (Phi) is 3.90. The number of hydrogen-bond acceptors (Lipinski definition) is 4. The molecule has 0 spiro atoms. The van der Waals surface area contributed by atoms with Gasteiger partial charge in [0.2, 0.25) is 5.95 Å². The fraction of sp³-hybridized carbons (Fsp3) is 0.333. The van der Waals surface area contributed by atoms with Gasteiger partial charge in [-0.15, -0.1) is 0 Å². The van der Waals surface area contributed by atoms with Crippen LogP contribution in [-0.2, 0) is 0 Å². The van der Waals surface area contributed by atoms with Gasteiger partial charge in [-0.25, -0.2) is 14.4 Å². The highest BCUT2D eigenvalue weighted by Gasteiger charge is 2.20. The highest BCUT2D eigenvalue weighted by atomic mass is 19.1. The molecule has 2 aromatic heterocycles. The highest BCUT2D eigenvalue weighted by Crippen LogP contribution is 2.28. The second-order valence-corrected chi connectivity index (χ2v) is 6.31. The second kappa shape index (κ2) is 6.20. The van der Waals surface area contributed by atoms with Crippen LogP contribution in [0.3, 0.4) is 0 Å². The molecule has 1 aromatic carbocycles. The summed E-state index contributed by atoms with van der Waals surface area (Å²) in [7, 11) is 0. The van der Waals surface area contributed by atoms with E-state index in [9.17, 15) is 9.50 Å². The molecule has 2 heterocycles. The van der Waals surface area contributed by atoms with Crippen molar-refractivity contribution in [2.75, 3.05) is 5.32 Å². The number of rotatable bonds is 3. The molecule has 0 radical (unpaired) electrons. The Morgan fingerprint density at radius 3 is 2.83 bits per heavy atom. The first-order valence-electron chi connectivity index (χ1n) is 8.24. The lowest BCUT2D eigenvalue weighted by Crippen LogP contribution is -2.28. The van der Waals surface area contributed by atoms with Gasteiger partial charge in [-0.05, 0) is 49.9 Å². The first-order valence-corrected chi connectivity index (χ1v) is 8.24. The maximum absolute atomic E-state index is 13.6. The van der Waals surface area contributed by atoms with Crippen molar-refractivity contribution in [3.05, 3.63) is 42.5 Å². The Morgan fingerprint density at radius 2 is 2.00 bits per heavy atom. The summed E-state index contributed by atoms with van der Waals surface area (Å²) >= 11 is 0. The first-order chi connectivity index (χ1) is 11.7. The van der Waals surface area contributed by atoms with E-state index in [0.29, 0.717) is 5.95 Å². The Labute approximate surface area is 139 Å². The molecule has 5 nitrogen and oxygen atoms in total. The standard InChI is InChI=1S/C18H19FN4O/c19-11-1-6-16-14(9-11)15(10-21-16)17-7-8-20-18(23-17)22-12-2-4-13(24)5-3-12/h1,6-10,12-13,21,24H,2-5H2,(H,20,22,23).